The monoisotopic (exact) mass is 287 g/mol. The zero-order chi connectivity index (χ0) is 13.8. The van der Waals surface area contributed by atoms with Gasteiger partial charge in [0.05, 0.1) is 5.54 Å². The summed E-state index contributed by atoms with van der Waals surface area (Å²) in [6.45, 7) is 3.43. The lowest BCUT2D eigenvalue weighted by atomic mass is 9.80. The first-order valence-electron chi connectivity index (χ1n) is 8.08. The quantitative estimate of drug-likeness (QED) is 0.721. The van der Waals surface area contributed by atoms with Gasteiger partial charge in [-0.2, -0.15) is 0 Å². The molecule has 1 heterocycles. The highest BCUT2D eigenvalue weighted by atomic mass is 32.1. The fraction of sp³-hybridized carbons (Fsp3) is 0.556. The molecule has 1 aliphatic rings. The third-order valence-corrected chi connectivity index (χ3v) is 5.92. The van der Waals surface area contributed by atoms with Gasteiger partial charge in [0.15, 0.2) is 0 Å². The normalized spacial score (nSPS) is 18.4. The number of hydrogen-bond donors (Lipinski definition) is 1. The lowest BCUT2D eigenvalue weighted by molar-refractivity contribution is 0.238. The second-order valence-corrected chi connectivity index (χ2v) is 7.16. The van der Waals surface area contributed by atoms with Gasteiger partial charge in [0.1, 0.15) is 0 Å². The van der Waals surface area contributed by atoms with Crippen LogP contribution in [0.1, 0.15) is 56.7 Å². The van der Waals surface area contributed by atoms with Gasteiger partial charge in [0, 0.05) is 9.58 Å². The Morgan fingerprint density at radius 2 is 1.95 bits per heavy atom. The molecule has 1 aromatic heterocycles. The maximum atomic E-state index is 3.92. The van der Waals surface area contributed by atoms with Crippen LogP contribution in [0.5, 0.6) is 0 Å². The highest BCUT2D eigenvalue weighted by molar-refractivity contribution is 7.19. The Morgan fingerprint density at radius 1 is 1.15 bits per heavy atom. The maximum absolute atomic E-state index is 3.92. The van der Waals surface area contributed by atoms with E-state index in [0.717, 1.165) is 6.54 Å². The van der Waals surface area contributed by atoms with Crippen LogP contribution in [0.15, 0.2) is 30.3 Å². The summed E-state index contributed by atoms with van der Waals surface area (Å²) < 4.78 is 1.43. The van der Waals surface area contributed by atoms with Crippen LogP contribution in [-0.4, -0.2) is 6.54 Å². The third-order valence-electron chi connectivity index (χ3n) is 4.60. The standard InChI is InChI=1S/C18H25NS/c1-2-3-13-19-18(11-7-4-8-12-18)17-14-15-9-5-6-10-16(15)20-17/h5-6,9-10,14,19H,2-4,7-8,11-13H2,1H3. The van der Waals surface area contributed by atoms with Crippen molar-refractivity contribution in [3.8, 4) is 0 Å². The second kappa shape index (κ2) is 6.28. The lowest BCUT2D eigenvalue weighted by Crippen LogP contribution is -2.43. The average molecular weight is 287 g/mol. The summed E-state index contributed by atoms with van der Waals surface area (Å²) in [7, 11) is 0. The molecule has 0 radical (unpaired) electrons. The molecule has 3 rings (SSSR count). The van der Waals surface area contributed by atoms with Crippen molar-refractivity contribution in [3.63, 3.8) is 0 Å². The van der Waals surface area contributed by atoms with Gasteiger partial charge in [-0.15, -0.1) is 11.3 Å². The Hall–Kier alpha value is -0.860. The molecule has 0 amide bonds. The second-order valence-electron chi connectivity index (χ2n) is 6.07. The fourth-order valence-electron chi connectivity index (χ4n) is 3.39. The number of fused-ring (bicyclic) bond motifs is 1. The first-order chi connectivity index (χ1) is 9.84. The van der Waals surface area contributed by atoms with Crippen LogP contribution in [0.2, 0.25) is 0 Å². The van der Waals surface area contributed by atoms with Gasteiger partial charge in [-0.1, -0.05) is 50.8 Å². The average Bonchev–Trinajstić information content (AvgIpc) is 2.93. The molecule has 1 fully saturated rings. The van der Waals surface area contributed by atoms with E-state index in [0.29, 0.717) is 0 Å². The van der Waals surface area contributed by atoms with Crippen LogP contribution in [0.25, 0.3) is 10.1 Å². The molecule has 20 heavy (non-hydrogen) atoms. The molecular formula is C18H25NS. The zero-order valence-corrected chi connectivity index (χ0v) is 13.3. The molecule has 2 heteroatoms. The van der Waals surface area contributed by atoms with Crippen LogP contribution in [0.3, 0.4) is 0 Å². The number of nitrogens with one attached hydrogen (secondary N) is 1. The summed E-state index contributed by atoms with van der Waals surface area (Å²) in [5.41, 5.74) is 0.261. The summed E-state index contributed by atoms with van der Waals surface area (Å²) >= 11 is 2.00. The van der Waals surface area contributed by atoms with Crippen molar-refractivity contribution in [3.05, 3.63) is 35.2 Å². The number of rotatable bonds is 5. The van der Waals surface area contributed by atoms with E-state index in [9.17, 15) is 0 Å². The number of thiophene rings is 1. The predicted molar refractivity (Wildman–Crippen MR) is 89.5 cm³/mol. The summed E-state index contributed by atoms with van der Waals surface area (Å²) in [4.78, 5) is 1.56. The van der Waals surface area contributed by atoms with Crippen LogP contribution in [0, 0.1) is 0 Å². The molecule has 1 aliphatic carbocycles. The lowest BCUT2D eigenvalue weighted by Gasteiger charge is -2.38. The minimum absolute atomic E-state index is 0.261. The van der Waals surface area contributed by atoms with Crippen molar-refractivity contribution < 1.29 is 0 Å². The van der Waals surface area contributed by atoms with Gasteiger partial charge < -0.3 is 5.32 Å². The Bertz CT molecular complexity index is 518. The minimum atomic E-state index is 0.261. The molecule has 0 atom stereocenters. The summed E-state index contributed by atoms with van der Waals surface area (Å²) in [6.07, 6.45) is 9.32. The van der Waals surface area contributed by atoms with Gasteiger partial charge in [0.2, 0.25) is 0 Å². The van der Waals surface area contributed by atoms with Crippen LogP contribution in [0.4, 0.5) is 0 Å². The van der Waals surface area contributed by atoms with Crippen molar-refractivity contribution in [2.45, 2.75) is 57.4 Å². The van der Waals surface area contributed by atoms with E-state index in [4.69, 9.17) is 0 Å². The van der Waals surface area contributed by atoms with E-state index < -0.39 is 0 Å². The van der Waals surface area contributed by atoms with Gasteiger partial charge >= 0.3 is 0 Å². The molecule has 0 spiro atoms. The van der Waals surface area contributed by atoms with Crippen molar-refractivity contribution in [2.75, 3.05) is 6.54 Å². The molecule has 1 nitrogen and oxygen atoms in total. The van der Waals surface area contributed by atoms with E-state index >= 15 is 0 Å². The number of hydrogen-bond acceptors (Lipinski definition) is 2. The molecule has 1 aromatic carbocycles. The van der Waals surface area contributed by atoms with Crippen LogP contribution in [-0.2, 0) is 5.54 Å². The largest absolute Gasteiger partial charge is 0.307 e. The predicted octanol–water partition coefficient (Wildman–Crippen LogP) is 5.45. The van der Waals surface area contributed by atoms with E-state index in [1.807, 2.05) is 11.3 Å². The Balaban J connectivity index is 1.90. The summed E-state index contributed by atoms with van der Waals surface area (Å²) in [5.74, 6) is 0. The Morgan fingerprint density at radius 3 is 2.70 bits per heavy atom. The van der Waals surface area contributed by atoms with Gasteiger partial charge in [-0.05, 0) is 43.3 Å². The molecule has 0 aliphatic heterocycles. The van der Waals surface area contributed by atoms with Gasteiger partial charge in [-0.25, -0.2) is 0 Å². The van der Waals surface area contributed by atoms with E-state index in [1.165, 1.54) is 55.0 Å². The first-order valence-corrected chi connectivity index (χ1v) is 8.90. The topological polar surface area (TPSA) is 12.0 Å². The third kappa shape index (κ3) is 2.77. The maximum Gasteiger partial charge on any atom is 0.0529 e. The summed E-state index contributed by atoms with van der Waals surface area (Å²) in [6, 6.07) is 11.2. The molecular weight excluding hydrogens is 262 g/mol. The number of unbranched alkanes of at least 4 members (excludes halogenated alkanes) is 1. The zero-order valence-electron chi connectivity index (χ0n) is 12.5. The van der Waals surface area contributed by atoms with Crippen molar-refractivity contribution in [2.24, 2.45) is 0 Å². The molecule has 0 saturated heterocycles. The first kappa shape index (κ1) is 14.1. The molecule has 0 unspecified atom stereocenters. The van der Waals surface area contributed by atoms with E-state index in [-0.39, 0.29) is 5.54 Å². The SMILES string of the molecule is CCCCNC1(c2cc3ccccc3s2)CCCCC1. The van der Waals surface area contributed by atoms with Crippen LogP contribution >= 0.6 is 11.3 Å². The van der Waals surface area contributed by atoms with Crippen molar-refractivity contribution in [1.82, 2.24) is 5.32 Å². The van der Waals surface area contributed by atoms with Gasteiger partial charge in [-0.3, -0.25) is 0 Å². The van der Waals surface area contributed by atoms with Crippen molar-refractivity contribution >= 4 is 21.4 Å². The molecule has 0 bridgehead atoms. The molecule has 1 N–H and O–H groups in total. The highest BCUT2D eigenvalue weighted by Crippen LogP contribution is 2.42. The number of benzene rings is 1. The molecule has 1 saturated carbocycles. The minimum Gasteiger partial charge on any atom is -0.307 e. The van der Waals surface area contributed by atoms with Crippen LogP contribution < -0.4 is 5.32 Å². The fourth-order valence-corrected chi connectivity index (χ4v) is 4.67. The highest BCUT2D eigenvalue weighted by Gasteiger charge is 2.34. The van der Waals surface area contributed by atoms with Crippen molar-refractivity contribution in [1.29, 1.82) is 0 Å². The van der Waals surface area contributed by atoms with Gasteiger partial charge in [0.25, 0.3) is 0 Å². The Kier molecular flexibility index (Phi) is 4.42. The smallest absolute Gasteiger partial charge is 0.0529 e. The Labute approximate surface area is 126 Å². The molecule has 2 aromatic rings. The van der Waals surface area contributed by atoms with E-state index in [2.05, 4.69) is 42.6 Å². The van der Waals surface area contributed by atoms with E-state index in [1.54, 1.807) is 4.88 Å². The molecule has 108 valence electrons. The summed E-state index contributed by atoms with van der Waals surface area (Å²) in [5, 5.41) is 5.34.